The third kappa shape index (κ3) is 4.65. The molecule has 0 spiro atoms. The highest BCUT2D eigenvalue weighted by atomic mass is 19.4. The van der Waals surface area contributed by atoms with E-state index >= 15 is 0 Å². The molecule has 2 amide bonds. The number of nitrogens with two attached hydrogens (primary N) is 1. The molecule has 7 nitrogen and oxygen atoms in total. The zero-order valence-electron chi connectivity index (χ0n) is 11.6. The van der Waals surface area contributed by atoms with Gasteiger partial charge in [-0.2, -0.15) is 18.3 Å². The molecule has 0 radical (unpaired) electrons. The Kier molecular flexibility index (Phi) is 5.17. The number of halogens is 3. The molecule has 21 heavy (non-hydrogen) atoms. The minimum absolute atomic E-state index is 0.101. The van der Waals surface area contributed by atoms with Gasteiger partial charge in [0.15, 0.2) is 0 Å². The Morgan fingerprint density at radius 3 is 2.62 bits per heavy atom. The molecule has 0 aliphatic rings. The van der Waals surface area contributed by atoms with Gasteiger partial charge in [-0.05, 0) is 6.92 Å². The highest BCUT2D eigenvalue weighted by molar-refractivity contribution is 5.99. The third-order valence-electron chi connectivity index (χ3n) is 2.58. The van der Waals surface area contributed by atoms with Crippen LogP contribution in [0.4, 0.5) is 18.9 Å². The van der Waals surface area contributed by atoms with Crippen molar-refractivity contribution in [3.8, 4) is 0 Å². The van der Waals surface area contributed by atoms with Crippen molar-refractivity contribution in [2.45, 2.75) is 19.6 Å². The lowest BCUT2D eigenvalue weighted by molar-refractivity contribution is -0.138. The SMILES string of the molecule is CCn1ncc(N)c1C(=O)N(C)CC(=O)NCC(F)(F)F. The van der Waals surface area contributed by atoms with Crippen molar-refractivity contribution in [1.82, 2.24) is 20.0 Å². The molecule has 0 aromatic carbocycles. The maximum Gasteiger partial charge on any atom is 0.405 e. The molecule has 0 fully saturated rings. The van der Waals surface area contributed by atoms with Crippen LogP contribution in [0.1, 0.15) is 17.4 Å². The number of nitrogens with one attached hydrogen (secondary N) is 1. The van der Waals surface area contributed by atoms with Gasteiger partial charge in [-0.1, -0.05) is 0 Å². The summed E-state index contributed by atoms with van der Waals surface area (Å²) in [6, 6.07) is 0. The maximum atomic E-state index is 12.1. The number of likely N-dealkylation sites (N-methyl/N-ethyl adjacent to an activating group) is 1. The van der Waals surface area contributed by atoms with Crippen molar-refractivity contribution in [2.75, 3.05) is 25.9 Å². The van der Waals surface area contributed by atoms with E-state index in [4.69, 9.17) is 5.73 Å². The second-order valence-electron chi connectivity index (χ2n) is 4.32. The number of hydrogen-bond donors (Lipinski definition) is 2. The van der Waals surface area contributed by atoms with Crippen LogP contribution in [0, 0.1) is 0 Å². The normalized spacial score (nSPS) is 11.3. The van der Waals surface area contributed by atoms with Crippen molar-refractivity contribution in [2.24, 2.45) is 0 Å². The van der Waals surface area contributed by atoms with E-state index in [9.17, 15) is 22.8 Å². The minimum Gasteiger partial charge on any atom is -0.396 e. The highest BCUT2D eigenvalue weighted by Gasteiger charge is 2.28. The Balaban J connectivity index is 2.67. The Bertz CT molecular complexity index is 526. The molecule has 10 heteroatoms. The first-order valence-corrected chi connectivity index (χ1v) is 6.06. The van der Waals surface area contributed by atoms with E-state index < -0.39 is 31.1 Å². The van der Waals surface area contributed by atoms with Crippen LogP contribution < -0.4 is 11.1 Å². The van der Waals surface area contributed by atoms with Gasteiger partial charge in [-0.25, -0.2) is 0 Å². The molecular weight excluding hydrogens is 291 g/mol. The highest BCUT2D eigenvalue weighted by Crippen LogP contribution is 2.14. The van der Waals surface area contributed by atoms with Gasteiger partial charge in [0.1, 0.15) is 12.2 Å². The lowest BCUT2D eigenvalue weighted by Gasteiger charge is -2.18. The molecule has 3 N–H and O–H groups in total. The third-order valence-corrected chi connectivity index (χ3v) is 2.58. The number of alkyl halides is 3. The Morgan fingerprint density at radius 2 is 2.10 bits per heavy atom. The van der Waals surface area contributed by atoms with E-state index in [1.165, 1.54) is 17.9 Å². The molecule has 0 aliphatic carbocycles. The second-order valence-corrected chi connectivity index (χ2v) is 4.32. The maximum absolute atomic E-state index is 12.1. The number of rotatable bonds is 5. The quantitative estimate of drug-likeness (QED) is 0.814. The zero-order valence-corrected chi connectivity index (χ0v) is 11.6. The van der Waals surface area contributed by atoms with Crippen LogP contribution in [0.5, 0.6) is 0 Å². The number of carbonyl (C=O) groups excluding carboxylic acids is 2. The van der Waals surface area contributed by atoms with Gasteiger partial charge in [-0.3, -0.25) is 14.3 Å². The number of aromatic nitrogens is 2. The number of anilines is 1. The van der Waals surface area contributed by atoms with Crippen molar-refractivity contribution >= 4 is 17.5 Å². The summed E-state index contributed by atoms with van der Waals surface area (Å²) < 4.78 is 37.2. The van der Waals surface area contributed by atoms with Crippen LogP contribution in [0.15, 0.2) is 6.20 Å². The molecule has 1 aromatic rings. The summed E-state index contributed by atoms with van der Waals surface area (Å²) in [5, 5.41) is 5.57. The zero-order chi connectivity index (χ0) is 16.2. The van der Waals surface area contributed by atoms with Crippen molar-refractivity contribution in [1.29, 1.82) is 0 Å². The minimum atomic E-state index is -4.50. The van der Waals surface area contributed by atoms with E-state index in [0.717, 1.165) is 4.90 Å². The molecule has 1 aromatic heterocycles. The predicted octanol–water partition coefficient (Wildman–Crippen LogP) is 0.236. The standard InChI is InChI=1S/C11H16F3N5O2/c1-3-19-9(7(15)4-17-19)10(21)18(2)5-8(20)16-6-11(12,13)14/h4H,3,5-6,15H2,1-2H3,(H,16,20). The van der Waals surface area contributed by atoms with Gasteiger partial charge in [-0.15, -0.1) is 0 Å². The average molecular weight is 307 g/mol. The van der Waals surface area contributed by atoms with Crippen LogP contribution in [0.25, 0.3) is 0 Å². The van der Waals surface area contributed by atoms with Crippen LogP contribution in [-0.2, 0) is 11.3 Å². The summed E-state index contributed by atoms with van der Waals surface area (Å²) in [5.41, 5.74) is 5.87. The summed E-state index contributed by atoms with van der Waals surface area (Å²) in [5.74, 6) is -1.50. The molecule has 0 atom stereocenters. The molecule has 0 saturated heterocycles. The summed E-state index contributed by atoms with van der Waals surface area (Å²) >= 11 is 0. The number of nitrogen functional groups attached to an aromatic ring is 1. The second kappa shape index (κ2) is 6.46. The monoisotopic (exact) mass is 307 g/mol. The number of nitrogens with zero attached hydrogens (tertiary/aromatic N) is 3. The van der Waals surface area contributed by atoms with Gasteiger partial charge >= 0.3 is 6.18 Å². The molecular formula is C11H16F3N5O2. The lowest BCUT2D eigenvalue weighted by atomic mass is 10.3. The summed E-state index contributed by atoms with van der Waals surface area (Å²) in [6.07, 6.45) is -3.20. The van der Waals surface area contributed by atoms with E-state index in [0.29, 0.717) is 6.54 Å². The first-order valence-electron chi connectivity index (χ1n) is 6.06. The number of hydrogen-bond acceptors (Lipinski definition) is 4. The van der Waals surface area contributed by atoms with Gasteiger partial charge in [0, 0.05) is 13.6 Å². The van der Waals surface area contributed by atoms with E-state index in [1.807, 2.05) is 0 Å². The predicted molar refractivity (Wildman–Crippen MR) is 68.3 cm³/mol. The van der Waals surface area contributed by atoms with Crippen LogP contribution >= 0.6 is 0 Å². The van der Waals surface area contributed by atoms with Crippen molar-refractivity contribution < 1.29 is 22.8 Å². The summed E-state index contributed by atoms with van der Waals surface area (Å²) in [4.78, 5) is 24.5. The van der Waals surface area contributed by atoms with Crippen molar-refractivity contribution in [3.05, 3.63) is 11.9 Å². The van der Waals surface area contributed by atoms with Gasteiger partial charge < -0.3 is 16.0 Å². The van der Waals surface area contributed by atoms with E-state index in [-0.39, 0.29) is 11.4 Å². The molecule has 0 saturated carbocycles. The lowest BCUT2D eigenvalue weighted by Crippen LogP contribution is -2.42. The van der Waals surface area contributed by atoms with Gasteiger partial charge in [0.2, 0.25) is 5.91 Å². The number of aryl methyl sites for hydroxylation is 1. The average Bonchev–Trinajstić information content (AvgIpc) is 2.75. The Morgan fingerprint density at radius 1 is 1.48 bits per heavy atom. The molecule has 0 bridgehead atoms. The van der Waals surface area contributed by atoms with Crippen molar-refractivity contribution in [3.63, 3.8) is 0 Å². The van der Waals surface area contributed by atoms with Gasteiger partial charge in [0.05, 0.1) is 18.4 Å². The summed E-state index contributed by atoms with van der Waals surface area (Å²) in [7, 11) is 1.29. The molecule has 1 heterocycles. The fraction of sp³-hybridized carbons (Fsp3) is 0.545. The fourth-order valence-corrected chi connectivity index (χ4v) is 1.60. The molecule has 118 valence electrons. The largest absolute Gasteiger partial charge is 0.405 e. The smallest absolute Gasteiger partial charge is 0.396 e. The van der Waals surface area contributed by atoms with Crippen LogP contribution in [0.3, 0.4) is 0 Å². The van der Waals surface area contributed by atoms with E-state index in [2.05, 4.69) is 5.10 Å². The van der Waals surface area contributed by atoms with E-state index in [1.54, 1.807) is 12.2 Å². The Hall–Kier alpha value is -2.26. The molecule has 1 rings (SSSR count). The number of amides is 2. The topological polar surface area (TPSA) is 93.2 Å². The Labute approximate surface area is 118 Å². The molecule has 0 unspecified atom stereocenters. The first kappa shape index (κ1) is 16.8. The summed E-state index contributed by atoms with van der Waals surface area (Å²) in [6.45, 7) is 0.192. The van der Waals surface area contributed by atoms with Crippen LogP contribution in [0.2, 0.25) is 0 Å². The van der Waals surface area contributed by atoms with Crippen LogP contribution in [-0.4, -0.2) is 52.8 Å². The first-order chi connectivity index (χ1) is 9.65. The molecule has 0 aliphatic heterocycles. The number of carbonyl (C=O) groups is 2. The fourth-order valence-electron chi connectivity index (χ4n) is 1.60. The van der Waals surface area contributed by atoms with Gasteiger partial charge in [0.25, 0.3) is 5.91 Å².